The Morgan fingerprint density at radius 3 is 2.84 bits per heavy atom. The van der Waals surface area contributed by atoms with E-state index in [1.807, 2.05) is 34.9 Å². The molecule has 6 rings (SSSR count). The largest absolute Gasteiger partial charge is 0.423 e. The predicted octanol–water partition coefficient (Wildman–Crippen LogP) is 4.68. The number of nitrogens with zero attached hydrogens (tertiary/aromatic N) is 5. The van der Waals surface area contributed by atoms with Gasteiger partial charge in [0.1, 0.15) is 22.4 Å². The zero-order valence-electron chi connectivity index (χ0n) is 20.4. The Hall–Kier alpha value is -3.57. The number of carbonyl (C=O) groups excluding carboxylic acids is 1. The Morgan fingerprint density at radius 1 is 1.16 bits per heavy atom. The highest BCUT2D eigenvalue weighted by Crippen LogP contribution is 2.36. The monoisotopic (exact) mass is 522 g/mol. The first-order chi connectivity index (χ1) is 18.0. The second-order valence-electron chi connectivity index (χ2n) is 9.30. The number of alkyl halides is 1. The van der Waals surface area contributed by atoms with Gasteiger partial charge in [0.15, 0.2) is 5.58 Å². The maximum Gasteiger partial charge on any atom is 0.298 e. The molecule has 37 heavy (non-hydrogen) atoms. The summed E-state index contributed by atoms with van der Waals surface area (Å²) in [4.78, 5) is 30.7. The van der Waals surface area contributed by atoms with Gasteiger partial charge in [-0.25, -0.2) is 9.37 Å². The Kier molecular flexibility index (Phi) is 6.47. The Bertz CT molecular complexity index is 1430. The molecule has 1 N–H and O–H groups in total. The van der Waals surface area contributed by atoms with Crippen LogP contribution in [0.5, 0.6) is 0 Å². The molecule has 192 valence electrons. The van der Waals surface area contributed by atoms with Crippen LogP contribution in [0.25, 0.3) is 21.7 Å². The van der Waals surface area contributed by atoms with Crippen molar-refractivity contribution in [2.75, 3.05) is 54.5 Å². The van der Waals surface area contributed by atoms with E-state index in [4.69, 9.17) is 9.15 Å². The molecule has 1 aromatic carbocycles. The van der Waals surface area contributed by atoms with Crippen LogP contribution in [-0.2, 0) is 4.74 Å². The van der Waals surface area contributed by atoms with E-state index in [0.29, 0.717) is 67.8 Å². The van der Waals surface area contributed by atoms with Crippen LogP contribution in [0.3, 0.4) is 0 Å². The number of rotatable bonds is 5. The summed E-state index contributed by atoms with van der Waals surface area (Å²) < 4.78 is 25.8. The standard InChI is InChI=1S/C26H27FN6O3S/c1-16-11-17(4-5-28-16)25-30-21(15-37-25)24(34)29-19-13-23-20(12-22(19)33-6-2-3-18(27)14-33)31-26(36-23)32-7-9-35-10-8-32/h4-5,11-13,15,18H,2-3,6-10,14H2,1H3,(H,29,34). The van der Waals surface area contributed by atoms with Gasteiger partial charge in [-0.1, -0.05) is 0 Å². The van der Waals surface area contributed by atoms with Gasteiger partial charge in [0.2, 0.25) is 0 Å². The summed E-state index contributed by atoms with van der Waals surface area (Å²) in [7, 11) is 0. The van der Waals surface area contributed by atoms with Crippen LogP contribution in [0.15, 0.2) is 40.3 Å². The molecule has 0 spiro atoms. The number of halogens is 1. The van der Waals surface area contributed by atoms with Crippen molar-refractivity contribution >= 4 is 45.7 Å². The summed E-state index contributed by atoms with van der Waals surface area (Å²) in [5, 5.41) is 5.49. The number of benzene rings is 1. The highest BCUT2D eigenvalue weighted by molar-refractivity contribution is 7.13. The van der Waals surface area contributed by atoms with Crippen LogP contribution in [0.1, 0.15) is 29.0 Å². The van der Waals surface area contributed by atoms with Gasteiger partial charge >= 0.3 is 0 Å². The van der Waals surface area contributed by atoms with Gasteiger partial charge in [0, 0.05) is 55.1 Å². The van der Waals surface area contributed by atoms with Crippen LogP contribution < -0.4 is 15.1 Å². The zero-order valence-corrected chi connectivity index (χ0v) is 21.3. The van der Waals surface area contributed by atoms with Crippen LogP contribution in [0, 0.1) is 6.92 Å². The molecule has 5 heterocycles. The third kappa shape index (κ3) is 5.01. The van der Waals surface area contributed by atoms with Gasteiger partial charge in [-0.2, -0.15) is 4.98 Å². The predicted molar refractivity (Wildman–Crippen MR) is 141 cm³/mol. The fourth-order valence-corrected chi connectivity index (χ4v) is 5.52. The number of ether oxygens (including phenoxy) is 1. The van der Waals surface area contributed by atoms with E-state index in [0.717, 1.165) is 28.4 Å². The number of anilines is 3. The minimum atomic E-state index is -0.917. The van der Waals surface area contributed by atoms with Crippen molar-refractivity contribution in [2.45, 2.75) is 25.9 Å². The second kappa shape index (κ2) is 10.1. The number of carbonyl (C=O) groups is 1. The highest BCUT2D eigenvalue weighted by Gasteiger charge is 2.25. The molecule has 2 saturated heterocycles. The smallest absolute Gasteiger partial charge is 0.298 e. The molecule has 1 amide bonds. The summed E-state index contributed by atoms with van der Waals surface area (Å²) >= 11 is 1.40. The average molecular weight is 523 g/mol. The summed E-state index contributed by atoms with van der Waals surface area (Å²) in [6.45, 7) is 5.51. The van der Waals surface area contributed by atoms with Crippen molar-refractivity contribution in [3.8, 4) is 10.6 Å². The summed E-state index contributed by atoms with van der Waals surface area (Å²) in [5.41, 5.74) is 4.61. The number of hydrogen-bond donors (Lipinski definition) is 1. The van der Waals surface area contributed by atoms with Crippen molar-refractivity contribution in [1.82, 2.24) is 15.0 Å². The lowest BCUT2D eigenvalue weighted by atomic mass is 10.1. The van der Waals surface area contributed by atoms with Crippen molar-refractivity contribution in [1.29, 1.82) is 0 Å². The fourth-order valence-electron chi connectivity index (χ4n) is 4.72. The highest BCUT2D eigenvalue weighted by atomic mass is 32.1. The number of thiazole rings is 1. The first-order valence-corrected chi connectivity index (χ1v) is 13.3. The molecule has 9 nitrogen and oxygen atoms in total. The number of fused-ring (bicyclic) bond motifs is 1. The van der Waals surface area contributed by atoms with Crippen LogP contribution in [0.2, 0.25) is 0 Å². The molecular weight excluding hydrogens is 495 g/mol. The maximum atomic E-state index is 14.3. The lowest BCUT2D eigenvalue weighted by Crippen LogP contribution is -2.37. The SMILES string of the molecule is Cc1cc(-c2nc(C(=O)Nc3cc4oc(N5CCOCC5)nc4cc3N3CCCC(F)C3)cs2)ccn1. The molecule has 0 bridgehead atoms. The van der Waals surface area contributed by atoms with E-state index >= 15 is 0 Å². The molecule has 0 radical (unpaired) electrons. The maximum absolute atomic E-state index is 14.3. The Labute approximate surface area is 217 Å². The van der Waals surface area contributed by atoms with E-state index in [9.17, 15) is 9.18 Å². The minimum Gasteiger partial charge on any atom is -0.423 e. The summed E-state index contributed by atoms with van der Waals surface area (Å²) in [6.07, 6.45) is 2.10. The van der Waals surface area contributed by atoms with Crippen LogP contribution in [0.4, 0.5) is 21.8 Å². The molecule has 2 fully saturated rings. The van der Waals surface area contributed by atoms with E-state index in [2.05, 4.69) is 20.3 Å². The van der Waals surface area contributed by atoms with Gasteiger partial charge in [0.05, 0.1) is 24.6 Å². The average Bonchev–Trinajstić information content (AvgIpc) is 3.56. The van der Waals surface area contributed by atoms with E-state index in [1.54, 1.807) is 17.6 Å². The molecule has 1 atom stereocenters. The summed E-state index contributed by atoms with van der Waals surface area (Å²) in [5.74, 6) is -0.337. The molecule has 1 unspecified atom stereocenters. The molecule has 3 aromatic heterocycles. The number of nitrogens with one attached hydrogen (secondary N) is 1. The third-order valence-electron chi connectivity index (χ3n) is 6.61. The Balaban J connectivity index is 1.32. The molecule has 11 heteroatoms. The van der Waals surface area contributed by atoms with Crippen LogP contribution >= 0.6 is 11.3 Å². The number of hydrogen-bond acceptors (Lipinski definition) is 9. The number of amides is 1. The van der Waals surface area contributed by atoms with Gasteiger partial charge in [-0.15, -0.1) is 11.3 Å². The quantitative estimate of drug-likeness (QED) is 0.404. The first kappa shape index (κ1) is 23.8. The van der Waals surface area contributed by atoms with E-state index < -0.39 is 6.17 Å². The number of morpholine rings is 1. The summed E-state index contributed by atoms with van der Waals surface area (Å²) in [6, 6.07) is 7.99. The molecule has 0 aliphatic carbocycles. The van der Waals surface area contributed by atoms with Crippen LogP contribution in [-0.4, -0.2) is 66.4 Å². The van der Waals surface area contributed by atoms with E-state index in [-0.39, 0.29) is 12.5 Å². The topological polar surface area (TPSA) is 96.6 Å². The molecule has 4 aromatic rings. The van der Waals surface area contributed by atoms with Gasteiger partial charge in [-0.3, -0.25) is 9.78 Å². The molecule has 0 saturated carbocycles. The van der Waals surface area contributed by atoms with Gasteiger partial charge in [0.25, 0.3) is 11.9 Å². The van der Waals surface area contributed by atoms with Gasteiger partial charge < -0.3 is 24.3 Å². The molecular formula is C26H27FN6O3S. The zero-order chi connectivity index (χ0) is 25.4. The third-order valence-corrected chi connectivity index (χ3v) is 7.50. The molecule has 2 aliphatic rings. The normalized spacial score (nSPS) is 18.4. The lowest BCUT2D eigenvalue weighted by Gasteiger charge is -2.32. The lowest BCUT2D eigenvalue weighted by molar-refractivity contribution is 0.102. The van der Waals surface area contributed by atoms with Crippen molar-refractivity contribution < 1.29 is 18.3 Å². The first-order valence-electron chi connectivity index (χ1n) is 12.4. The van der Waals surface area contributed by atoms with Gasteiger partial charge in [-0.05, 0) is 38.0 Å². The van der Waals surface area contributed by atoms with Crippen molar-refractivity contribution in [3.63, 3.8) is 0 Å². The number of pyridine rings is 1. The minimum absolute atomic E-state index is 0.269. The fraction of sp³-hybridized carbons (Fsp3) is 0.385. The van der Waals surface area contributed by atoms with Crippen molar-refractivity contribution in [3.05, 3.63) is 47.2 Å². The van der Waals surface area contributed by atoms with E-state index in [1.165, 1.54) is 11.3 Å². The Morgan fingerprint density at radius 2 is 2.03 bits per heavy atom. The number of oxazole rings is 1. The second-order valence-corrected chi connectivity index (χ2v) is 10.2. The molecule has 2 aliphatic heterocycles. The number of piperidine rings is 1. The number of aromatic nitrogens is 3. The van der Waals surface area contributed by atoms with Crippen molar-refractivity contribution in [2.24, 2.45) is 0 Å². The number of aryl methyl sites for hydroxylation is 1.